The number of fused-ring (bicyclic) bond motifs is 27. The van der Waals surface area contributed by atoms with Crippen LogP contribution in [-0.2, 0) is 0 Å². The van der Waals surface area contributed by atoms with Gasteiger partial charge >= 0.3 is 0 Å². The van der Waals surface area contributed by atoms with Crippen LogP contribution in [0.3, 0.4) is 0 Å². The van der Waals surface area contributed by atoms with Crippen LogP contribution in [0.2, 0.25) is 0 Å². The van der Waals surface area contributed by atoms with E-state index in [2.05, 4.69) is 394 Å². The van der Waals surface area contributed by atoms with Crippen LogP contribution < -0.4 is 0 Å². The zero-order chi connectivity index (χ0) is 87.3. The number of furan rings is 2. The van der Waals surface area contributed by atoms with E-state index in [1.165, 1.54) is 150 Å². The van der Waals surface area contributed by atoms with Crippen LogP contribution in [0.5, 0.6) is 0 Å². The van der Waals surface area contributed by atoms with Crippen LogP contribution in [0, 0.1) is 0 Å². The number of rotatable bonds is 10. The molecule has 0 N–H and O–H groups in total. The molecule has 0 amide bonds. The van der Waals surface area contributed by atoms with Crippen molar-refractivity contribution in [3.8, 4) is 84.7 Å². The molecule has 12 heteroatoms. The van der Waals surface area contributed by atoms with Crippen molar-refractivity contribution in [3.05, 3.63) is 449 Å². The fourth-order valence-electron chi connectivity index (χ4n) is 20.5. The molecule has 0 radical (unpaired) electrons. The molecule has 0 unspecified atom stereocenters. The Kier molecular flexibility index (Phi) is 17.5. The molecule has 0 aliphatic rings. The van der Waals surface area contributed by atoms with Gasteiger partial charge in [-0.2, -0.15) is 0 Å². The summed E-state index contributed by atoms with van der Waals surface area (Å²) in [6.07, 6.45) is 2.03. The van der Waals surface area contributed by atoms with Gasteiger partial charge in [-0.1, -0.05) is 309 Å². The van der Waals surface area contributed by atoms with Gasteiger partial charge in [-0.25, -0.2) is 14.5 Å². The molecule has 0 atom stereocenters. The zero-order valence-corrected chi connectivity index (χ0v) is 73.1. The third-order valence-electron chi connectivity index (χ3n) is 26.5. The maximum atomic E-state index is 6.75. The van der Waals surface area contributed by atoms with Crippen molar-refractivity contribution in [3.63, 3.8) is 0 Å². The first-order valence-corrected chi connectivity index (χ1v) is 46.5. The number of para-hydroxylation sites is 6. The summed E-state index contributed by atoms with van der Waals surface area (Å²) in [6, 6.07) is 157. The lowest BCUT2D eigenvalue weighted by Crippen LogP contribution is -2.03. The Morgan fingerprint density at radius 1 is 0.218 bits per heavy atom. The maximum absolute atomic E-state index is 6.75. The largest absolute Gasteiger partial charge is 0.452 e. The van der Waals surface area contributed by atoms with Gasteiger partial charge in [0.25, 0.3) is 0 Å². The lowest BCUT2D eigenvalue weighted by Gasteiger charge is -2.11. The van der Waals surface area contributed by atoms with Crippen molar-refractivity contribution in [1.29, 1.82) is 0 Å². The van der Waals surface area contributed by atoms with E-state index in [0.29, 0.717) is 11.7 Å². The van der Waals surface area contributed by atoms with Crippen molar-refractivity contribution in [2.24, 2.45) is 0 Å². The topological polar surface area (TPSA) is 89.6 Å². The summed E-state index contributed by atoms with van der Waals surface area (Å²) in [4.78, 5) is 15.2. The summed E-state index contributed by atoms with van der Waals surface area (Å²) in [5.41, 5.74) is 29.1. The average molecular weight is 1740 g/mol. The van der Waals surface area contributed by atoms with E-state index in [9.17, 15) is 0 Å². The summed E-state index contributed by atoms with van der Waals surface area (Å²) < 4.78 is 30.2. The van der Waals surface area contributed by atoms with Gasteiger partial charge in [0.2, 0.25) is 11.7 Å². The van der Waals surface area contributed by atoms with Gasteiger partial charge < -0.3 is 27.1 Å². The molecule has 0 bridgehead atoms. The SMILES string of the molecule is c1ccc(-c2cc(-c3ccccc3)nc(-n3c4ccccc4c4c5ccc6c7ccccc7oc6c5oc43)n2)cc1.c1ccc(-c2cccc(-n3c4ccccc4c4cc5c(cc43)sc3c4ccccc4n(-c4cccc(-c6ccccc6)c4)c53)c2)cc1.c1ccc(-n2c3c(ccc4sc5ccccc5c43)c3c2c2ccccc2n3-c2ccc(-c3ccc4ccccc4c3)nc2)cc1. The number of benzene rings is 18. The number of nitrogens with zero attached hydrogens (tertiary/aromatic N) is 8. The first-order chi connectivity index (χ1) is 66.0. The van der Waals surface area contributed by atoms with Crippen molar-refractivity contribution in [2.45, 2.75) is 0 Å². The number of aromatic nitrogens is 8. The van der Waals surface area contributed by atoms with E-state index in [1.807, 2.05) is 100 Å². The Balaban J connectivity index is 0.000000102. The number of pyridine rings is 1. The number of hydrogen-bond acceptors (Lipinski definition) is 7. The predicted octanol–water partition coefficient (Wildman–Crippen LogP) is 33.3. The summed E-state index contributed by atoms with van der Waals surface area (Å²) in [7, 11) is 0. The second kappa shape index (κ2) is 30.7. The van der Waals surface area contributed by atoms with E-state index in [0.717, 1.165) is 94.3 Å². The second-order valence-electron chi connectivity index (χ2n) is 34.0. The molecule has 29 aromatic rings. The van der Waals surface area contributed by atoms with Crippen LogP contribution in [-0.4, -0.2) is 37.8 Å². The number of hydrogen-bond donors (Lipinski definition) is 0. The molecule has 11 heterocycles. The van der Waals surface area contributed by atoms with E-state index in [4.69, 9.17) is 23.8 Å². The Bertz CT molecular complexity index is 9660. The highest BCUT2D eigenvalue weighted by atomic mass is 32.1. The Morgan fingerprint density at radius 2 is 0.737 bits per heavy atom. The molecule has 0 saturated carbocycles. The minimum absolute atomic E-state index is 0.552. The molecule has 29 rings (SSSR count). The van der Waals surface area contributed by atoms with E-state index >= 15 is 0 Å². The Labute approximate surface area is 769 Å². The highest BCUT2D eigenvalue weighted by Gasteiger charge is 2.29. The van der Waals surface area contributed by atoms with Crippen molar-refractivity contribution < 1.29 is 8.83 Å². The van der Waals surface area contributed by atoms with Crippen molar-refractivity contribution >= 4 is 194 Å². The summed E-state index contributed by atoms with van der Waals surface area (Å²) in [6.45, 7) is 0. The van der Waals surface area contributed by atoms with Crippen LogP contribution in [0.25, 0.3) is 256 Å². The maximum Gasteiger partial charge on any atom is 0.238 e. The first-order valence-electron chi connectivity index (χ1n) is 44.8. The molecule has 10 nitrogen and oxygen atoms in total. The van der Waals surface area contributed by atoms with Gasteiger partial charge in [-0.3, -0.25) is 4.98 Å². The minimum atomic E-state index is 0.552. The quantitative estimate of drug-likeness (QED) is 0.136. The van der Waals surface area contributed by atoms with Crippen LogP contribution in [0.15, 0.2) is 458 Å². The van der Waals surface area contributed by atoms with Crippen molar-refractivity contribution in [1.82, 2.24) is 37.8 Å². The fraction of sp³-hybridized carbons (Fsp3) is 0. The Morgan fingerprint density at radius 3 is 1.42 bits per heavy atom. The molecule has 0 fully saturated rings. The number of thiophene rings is 2. The van der Waals surface area contributed by atoms with Gasteiger partial charge in [0.05, 0.1) is 88.7 Å². The smallest absolute Gasteiger partial charge is 0.238 e. The average Bonchev–Trinajstić information content (AvgIpc) is 1.56. The second-order valence-corrected chi connectivity index (χ2v) is 36.2. The lowest BCUT2D eigenvalue weighted by atomic mass is 10.0. The molecule has 622 valence electrons. The molecule has 0 saturated heterocycles. The van der Waals surface area contributed by atoms with Crippen LogP contribution >= 0.6 is 22.7 Å². The molecule has 0 aliphatic carbocycles. The van der Waals surface area contributed by atoms with E-state index in [1.54, 1.807) is 0 Å². The summed E-state index contributed by atoms with van der Waals surface area (Å²) in [5.74, 6) is 0.552. The standard InChI is InChI=1S/C44H28N2S.C41H25N3S.C36H21N3O2/c1-3-13-29(14-4-1)31-17-11-19-33(25-31)45-39-23-9-7-21-35(39)37-27-38-42(28-41(37)45)47-44-36-22-8-10-24-40(36)46(43(38)44)34-20-12-18-32(26-34)30-15-5-2-6-16-30;1-2-12-29(13-3-1)44-39-33(21-23-37-38(39)32-15-7-9-17-36(32)45-37)41-40(44)31-14-6-8-16-35(31)43(41)30-20-22-34(42-25-30)28-19-18-26-10-4-5-11-27(26)24-28;1-3-11-22(12-4-1)28-21-29(23-13-5-2-6-14-23)38-36(37-28)39-30-17-9-7-16-26(30)32-27-20-19-25-24-15-8-10-18-31(24)40-33(25)34(27)41-35(32)39/h1-28H;1-25H;1-21H. The first kappa shape index (κ1) is 75.8. The lowest BCUT2D eigenvalue weighted by molar-refractivity contribution is 0.619. The Hall–Kier alpha value is -17.3. The molecule has 0 aliphatic heterocycles. The molecule has 133 heavy (non-hydrogen) atoms. The highest BCUT2D eigenvalue weighted by Crippen LogP contribution is 2.51. The third kappa shape index (κ3) is 12.3. The van der Waals surface area contributed by atoms with Gasteiger partial charge in [0, 0.05) is 112 Å². The monoisotopic (exact) mass is 1730 g/mol. The van der Waals surface area contributed by atoms with Gasteiger partial charge in [-0.05, 0) is 166 Å². The normalized spacial score (nSPS) is 11.9. The third-order valence-corrected chi connectivity index (χ3v) is 28.8. The van der Waals surface area contributed by atoms with E-state index < -0.39 is 0 Å². The molecule has 11 aromatic heterocycles. The van der Waals surface area contributed by atoms with Crippen molar-refractivity contribution in [2.75, 3.05) is 0 Å². The fourth-order valence-corrected chi connectivity index (χ4v) is 22.9. The van der Waals surface area contributed by atoms with Gasteiger partial charge in [-0.15, -0.1) is 22.7 Å². The van der Waals surface area contributed by atoms with E-state index in [-0.39, 0.29) is 0 Å². The minimum Gasteiger partial charge on any atom is -0.452 e. The molecule has 18 aromatic carbocycles. The van der Waals surface area contributed by atoms with Gasteiger partial charge in [0.1, 0.15) is 5.58 Å². The zero-order valence-electron chi connectivity index (χ0n) is 71.4. The van der Waals surface area contributed by atoms with Crippen LogP contribution in [0.4, 0.5) is 0 Å². The summed E-state index contributed by atoms with van der Waals surface area (Å²) >= 11 is 3.77. The predicted molar refractivity (Wildman–Crippen MR) is 557 cm³/mol. The van der Waals surface area contributed by atoms with Gasteiger partial charge in [0.15, 0.2) is 11.2 Å². The highest BCUT2D eigenvalue weighted by molar-refractivity contribution is 7.27. The molecule has 0 spiro atoms. The molecular formula is C121H74N8O2S2. The molecular weight excluding hydrogens is 1660 g/mol. The van der Waals surface area contributed by atoms with Crippen LogP contribution in [0.1, 0.15) is 0 Å². The summed E-state index contributed by atoms with van der Waals surface area (Å²) in [5, 5.41) is 17.9.